The number of hydrogen-bond donors (Lipinski definition) is 2. The van der Waals surface area contributed by atoms with Gasteiger partial charge in [-0.3, -0.25) is 9.78 Å². The number of nitrogens with two attached hydrogens (primary N) is 1. The molecule has 3 N–H and O–H groups in total. The fraction of sp³-hybridized carbons (Fsp3) is 0.0870. The minimum absolute atomic E-state index is 0.220. The average molecular weight is 387 g/mol. The summed E-state index contributed by atoms with van der Waals surface area (Å²) >= 11 is 0. The van der Waals surface area contributed by atoms with E-state index in [1.54, 1.807) is 36.7 Å². The molecule has 0 aliphatic carbocycles. The maximum atomic E-state index is 12.6. The first kappa shape index (κ1) is 20.0. The van der Waals surface area contributed by atoms with Crippen molar-refractivity contribution < 1.29 is 14.3 Å². The molecule has 1 aromatic heterocycles. The van der Waals surface area contributed by atoms with Gasteiger partial charge in [-0.15, -0.1) is 0 Å². The molecule has 0 bridgehead atoms. The van der Waals surface area contributed by atoms with E-state index in [-0.39, 0.29) is 5.91 Å². The number of benzene rings is 2. The molecule has 0 aliphatic rings. The summed E-state index contributed by atoms with van der Waals surface area (Å²) in [5, 5.41) is 2.85. The third-order valence-corrected chi connectivity index (χ3v) is 4.34. The summed E-state index contributed by atoms with van der Waals surface area (Å²) in [4.78, 5) is 27.9. The Morgan fingerprint density at radius 2 is 1.90 bits per heavy atom. The Morgan fingerprint density at radius 3 is 2.62 bits per heavy atom. The number of rotatable bonds is 6. The molecule has 0 unspecified atom stereocenters. The van der Waals surface area contributed by atoms with E-state index < -0.39 is 5.97 Å². The van der Waals surface area contributed by atoms with Crippen LogP contribution in [0.3, 0.4) is 0 Å². The van der Waals surface area contributed by atoms with Crippen LogP contribution in [0.25, 0.3) is 17.2 Å². The van der Waals surface area contributed by atoms with Gasteiger partial charge in [0.2, 0.25) is 0 Å². The number of esters is 1. The quantitative estimate of drug-likeness (QED) is 0.497. The average Bonchev–Trinajstić information content (AvgIpc) is 2.77. The number of hydrogen-bond acceptors (Lipinski definition) is 5. The molecule has 0 spiro atoms. The molecule has 3 rings (SSSR count). The van der Waals surface area contributed by atoms with Gasteiger partial charge >= 0.3 is 5.97 Å². The Bertz CT molecular complexity index is 1050. The van der Waals surface area contributed by atoms with Crippen molar-refractivity contribution in [3.63, 3.8) is 0 Å². The van der Waals surface area contributed by atoms with E-state index >= 15 is 0 Å². The molecule has 6 heteroatoms. The van der Waals surface area contributed by atoms with Gasteiger partial charge in [0.25, 0.3) is 5.91 Å². The highest BCUT2D eigenvalue weighted by Gasteiger charge is 2.11. The van der Waals surface area contributed by atoms with E-state index in [9.17, 15) is 9.59 Å². The number of methoxy groups -OCH3 is 1. The van der Waals surface area contributed by atoms with Crippen molar-refractivity contribution in [1.82, 2.24) is 4.98 Å². The molecule has 0 saturated carbocycles. The second-order valence-electron chi connectivity index (χ2n) is 6.25. The van der Waals surface area contributed by atoms with Crippen LogP contribution in [0, 0.1) is 0 Å². The van der Waals surface area contributed by atoms with Crippen molar-refractivity contribution in [2.75, 3.05) is 12.4 Å². The van der Waals surface area contributed by atoms with E-state index in [4.69, 9.17) is 5.73 Å². The number of nitrogens with zero attached hydrogens (tertiary/aromatic N) is 1. The summed E-state index contributed by atoms with van der Waals surface area (Å²) in [6.45, 7) is 0.337. The van der Waals surface area contributed by atoms with Crippen molar-refractivity contribution in [1.29, 1.82) is 0 Å². The van der Waals surface area contributed by atoms with Crippen LogP contribution >= 0.6 is 0 Å². The largest absolute Gasteiger partial charge is 0.466 e. The molecular weight excluding hydrogens is 366 g/mol. The van der Waals surface area contributed by atoms with Crippen LogP contribution in [-0.2, 0) is 16.1 Å². The zero-order chi connectivity index (χ0) is 20.6. The number of anilines is 1. The molecule has 6 nitrogen and oxygen atoms in total. The Hall–Kier alpha value is -3.77. The molecule has 1 amide bonds. The zero-order valence-corrected chi connectivity index (χ0v) is 16.0. The molecule has 0 fully saturated rings. The Labute approximate surface area is 169 Å². The van der Waals surface area contributed by atoms with Crippen molar-refractivity contribution in [2.24, 2.45) is 5.73 Å². The van der Waals surface area contributed by atoms with Gasteiger partial charge in [0.15, 0.2) is 0 Å². The smallest absolute Gasteiger partial charge is 0.330 e. The van der Waals surface area contributed by atoms with Gasteiger partial charge in [0.05, 0.1) is 7.11 Å². The van der Waals surface area contributed by atoms with Gasteiger partial charge < -0.3 is 15.8 Å². The minimum Gasteiger partial charge on any atom is -0.466 e. The van der Waals surface area contributed by atoms with E-state index in [1.165, 1.54) is 13.2 Å². The van der Waals surface area contributed by atoms with E-state index in [0.29, 0.717) is 17.8 Å². The molecule has 0 saturated heterocycles. The molecule has 3 aromatic rings. The van der Waals surface area contributed by atoms with Crippen LogP contribution in [-0.4, -0.2) is 24.0 Å². The minimum atomic E-state index is -0.423. The molecular formula is C23H21N3O3. The standard InChI is InChI=1S/C23H21N3O3/c1-29-22(27)8-5-16-3-2-4-17(13-16)21-14-18(6-7-19(21)15-24)23(28)26-20-9-11-25-12-10-20/h2-14H,15,24H2,1H3,(H,25,26,28)/b8-5+. The van der Waals surface area contributed by atoms with Gasteiger partial charge in [0.1, 0.15) is 0 Å². The first-order valence-corrected chi connectivity index (χ1v) is 9.01. The molecule has 1 heterocycles. The molecule has 2 aromatic carbocycles. The van der Waals surface area contributed by atoms with Crippen molar-refractivity contribution in [3.8, 4) is 11.1 Å². The van der Waals surface area contributed by atoms with Crippen LogP contribution in [0.1, 0.15) is 21.5 Å². The van der Waals surface area contributed by atoms with Crippen molar-refractivity contribution >= 4 is 23.6 Å². The highest BCUT2D eigenvalue weighted by atomic mass is 16.5. The third kappa shape index (κ3) is 5.15. The highest BCUT2D eigenvalue weighted by Crippen LogP contribution is 2.27. The van der Waals surface area contributed by atoms with Gasteiger partial charge in [-0.2, -0.15) is 0 Å². The fourth-order valence-corrected chi connectivity index (χ4v) is 2.85. The van der Waals surface area contributed by atoms with E-state index in [2.05, 4.69) is 15.0 Å². The number of ether oxygens (including phenoxy) is 1. The van der Waals surface area contributed by atoms with Gasteiger partial charge in [-0.25, -0.2) is 4.79 Å². The lowest BCUT2D eigenvalue weighted by atomic mass is 9.95. The molecule has 146 valence electrons. The lowest BCUT2D eigenvalue weighted by Gasteiger charge is -2.12. The van der Waals surface area contributed by atoms with Gasteiger partial charge in [0, 0.05) is 36.3 Å². The first-order valence-electron chi connectivity index (χ1n) is 9.01. The first-order chi connectivity index (χ1) is 14.1. The number of carbonyl (C=O) groups is 2. The third-order valence-electron chi connectivity index (χ3n) is 4.34. The fourth-order valence-electron chi connectivity index (χ4n) is 2.85. The molecule has 0 radical (unpaired) electrons. The van der Waals surface area contributed by atoms with E-state index in [1.807, 2.05) is 36.4 Å². The lowest BCUT2D eigenvalue weighted by molar-refractivity contribution is -0.134. The predicted molar refractivity (Wildman–Crippen MR) is 113 cm³/mol. The van der Waals surface area contributed by atoms with Crippen LogP contribution < -0.4 is 11.1 Å². The Morgan fingerprint density at radius 1 is 1.10 bits per heavy atom. The SMILES string of the molecule is COC(=O)/C=C/c1cccc(-c2cc(C(=O)Nc3ccncc3)ccc2CN)c1. The molecule has 0 aliphatic heterocycles. The maximum absolute atomic E-state index is 12.6. The summed E-state index contributed by atoms with van der Waals surface area (Å²) in [7, 11) is 1.33. The monoisotopic (exact) mass is 387 g/mol. The molecule has 0 atom stereocenters. The summed E-state index contributed by atoms with van der Waals surface area (Å²) in [5.74, 6) is -0.643. The highest BCUT2D eigenvalue weighted by molar-refractivity contribution is 6.05. The van der Waals surface area contributed by atoms with Crippen molar-refractivity contribution in [2.45, 2.75) is 6.54 Å². The number of nitrogens with one attached hydrogen (secondary N) is 1. The predicted octanol–water partition coefficient (Wildman–Crippen LogP) is 3.65. The number of aromatic nitrogens is 1. The second kappa shape index (κ2) is 9.43. The maximum Gasteiger partial charge on any atom is 0.330 e. The number of carbonyl (C=O) groups excluding carboxylic acids is 2. The molecule has 29 heavy (non-hydrogen) atoms. The zero-order valence-electron chi connectivity index (χ0n) is 16.0. The Kier molecular flexibility index (Phi) is 6.50. The van der Waals surface area contributed by atoms with Crippen LogP contribution in [0.15, 0.2) is 73.1 Å². The van der Waals surface area contributed by atoms with Gasteiger partial charge in [-0.05, 0) is 58.7 Å². The summed E-state index contributed by atoms with van der Waals surface area (Å²) in [6, 6.07) is 16.5. The van der Waals surface area contributed by atoms with Gasteiger partial charge in [-0.1, -0.05) is 24.3 Å². The van der Waals surface area contributed by atoms with Crippen LogP contribution in [0.4, 0.5) is 5.69 Å². The summed E-state index contributed by atoms with van der Waals surface area (Å²) in [6.07, 6.45) is 6.27. The van der Waals surface area contributed by atoms with E-state index in [0.717, 1.165) is 22.3 Å². The van der Waals surface area contributed by atoms with Crippen LogP contribution in [0.5, 0.6) is 0 Å². The topological polar surface area (TPSA) is 94.3 Å². The summed E-state index contributed by atoms with van der Waals surface area (Å²) in [5.41, 5.74) is 10.6. The Balaban J connectivity index is 1.92. The summed E-state index contributed by atoms with van der Waals surface area (Å²) < 4.78 is 4.62. The lowest BCUT2D eigenvalue weighted by Crippen LogP contribution is -2.12. The number of pyridine rings is 1. The van der Waals surface area contributed by atoms with Crippen LogP contribution in [0.2, 0.25) is 0 Å². The second-order valence-corrected chi connectivity index (χ2v) is 6.25. The number of amides is 1. The van der Waals surface area contributed by atoms with Crippen molar-refractivity contribution in [3.05, 3.63) is 89.8 Å². The normalized spacial score (nSPS) is 10.7.